The number of aromatic nitrogens is 1. The summed E-state index contributed by atoms with van der Waals surface area (Å²) in [5.74, 6) is -1.21. The van der Waals surface area contributed by atoms with Crippen LogP contribution >= 0.6 is 0 Å². The van der Waals surface area contributed by atoms with Crippen molar-refractivity contribution in [3.63, 3.8) is 0 Å². The summed E-state index contributed by atoms with van der Waals surface area (Å²) >= 11 is 0. The van der Waals surface area contributed by atoms with Crippen molar-refractivity contribution in [1.82, 2.24) is 10.1 Å². The van der Waals surface area contributed by atoms with Crippen molar-refractivity contribution < 1.29 is 24.0 Å². The van der Waals surface area contributed by atoms with Crippen LogP contribution in [0.25, 0.3) is 0 Å². The van der Waals surface area contributed by atoms with E-state index in [2.05, 4.69) is 5.16 Å². The molecule has 0 aromatic carbocycles. The Kier molecular flexibility index (Phi) is 4.07. The predicted octanol–water partition coefficient (Wildman–Crippen LogP) is 0.756. The maximum Gasteiger partial charge on any atom is 0.329 e. The van der Waals surface area contributed by atoms with Gasteiger partial charge in [0.05, 0.1) is 0 Å². The van der Waals surface area contributed by atoms with Gasteiger partial charge in [0.15, 0.2) is 11.5 Å². The number of hydrogen-bond donors (Lipinski definition) is 1. The summed E-state index contributed by atoms with van der Waals surface area (Å²) in [6, 6.07) is 1.43. The van der Waals surface area contributed by atoms with Gasteiger partial charge in [0.2, 0.25) is 0 Å². The average Bonchev–Trinajstić information content (AvgIpc) is 2.76. The van der Waals surface area contributed by atoms with Gasteiger partial charge in [-0.2, -0.15) is 0 Å². The number of carbonyl (C=O) groups is 2. The Hall–Kier alpha value is -1.89. The van der Waals surface area contributed by atoms with Gasteiger partial charge in [-0.1, -0.05) is 5.16 Å². The molecular formula is C11H16N2O5. The summed E-state index contributed by atoms with van der Waals surface area (Å²) in [6.07, 6.45) is 0. The molecule has 0 unspecified atom stereocenters. The molecule has 0 aliphatic rings. The third-order valence-electron chi connectivity index (χ3n) is 2.73. The van der Waals surface area contributed by atoms with Gasteiger partial charge in [-0.05, 0) is 13.8 Å². The van der Waals surface area contributed by atoms with Crippen LogP contribution in [0.2, 0.25) is 0 Å². The zero-order valence-electron chi connectivity index (χ0n) is 10.8. The lowest BCUT2D eigenvalue weighted by Crippen LogP contribution is -2.50. The molecule has 100 valence electrons. The van der Waals surface area contributed by atoms with E-state index in [1.54, 1.807) is 0 Å². The standard InChI is InChI=1S/C11H16N2O5/c1-11(2,10(15)16)13(3)9(14)8-5-7(6-17-4)18-12-8/h5H,6H2,1-4H3,(H,15,16). The van der Waals surface area contributed by atoms with Crippen LogP contribution in [0.5, 0.6) is 0 Å². The first-order valence-electron chi connectivity index (χ1n) is 5.26. The largest absolute Gasteiger partial charge is 0.480 e. The van der Waals surface area contributed by atoms with Crippen molar-refractivity contribution in [2.75, 3.05) is 14.2 Å². The number of amides is 1. The molecule has 1 aromatic heterocycles. The number of carboxylic acid groups (broad SMARTS) is 1. The minimum absolute atomic E-state index is 0.0545. The molecule has 0 spiro atoms. The van der Waals surface area contributed by atoms with Crippen molar-refractivity contribution in [3.05, 3.63) is 17.5 Å². The molecule has 7 heteroatoms. The van der Waals surface area contributed by atoms with Crippen LogP contribution in [0.3, 0.4) is 0 Å². The first-order valence-corrected chi connectivity index (χ1v) is 5.26. The van der Waals surface area contributed by atoms with E-state index >= 15 is 0 Å². The summed E-state index contributed by atoms with van der Waals surface area (Å²) in [7, 11) is 2.89. The highest BCUT2D eigenvalue weighted by molar-refractivity contribution is 5.95. The van der Waals surface area contributed by atoms with Crippen molar-refractivity contribution in [3.8, 4) is 0 Å². The number of ether oxygens (including phenoxy) is 1. The molecule has 1 N–H and O–H groups in total. The summed E-state index contributed by atoms with van der Waals surface area (Å²) in [6.45, 7) is 3.07. The minimum atomic E-state index is -1.32. The molecular weight excluding hydrogens is 240 g/mol. The van der Waals surface area contributed by atoms with E-state index < -0.39 is 17.4 Å². The molecule has 7 nitrogen and oxygen atoms in total. The van der Waals surface area contributed by atoms with Crippen LogP contribution in [-0.4, -0.2) is 46.7 Å². The lowest BCUT2D eigenvalue weighted by Gasteiger charge is -2.30. The predicted molar refractivity (Wildman–Crippen MR) is 61.0 cm³/mol. The van der Waals surface area contributed by atoms with E-state index in [4.69, 9.17) is 14.4 Å². The van der Waals surface area contributed by atoms with E-state index in [1.165, 1.54) is 34.1 Å². The van der Waals surface area contributed by atoms with E-state index in [0.717, 1.165) is 4.90 Å². The summed E-state index contributed by atoms with van der Waals surface area (Å²) in [5.41, 5.74) is -1.27. The first-order chi connectivity index (χ1) is 8.30. The Balaban J connectivity index is 2.89. The maximum absolute atomic E-state index is 12.0. The second-order valence-corrected chi connectivity index (χ2v) is 4.34. The quantitative estimate of drug-likeness (QED) is 0.835. The lowest BCUT2D eigenvalue weighted by atomic mass is 10.0. The van der Waals surface area contributed by atoms with Crippen LogP contribution in [0.1, 0.15) is 30.1 Å². The van der Waals surface area contributed by atoms with Gasteiger partial charge in [0.1, 0.15) is 12.1 Å². The van der Waals surface area contributed by atoms with Gasteiger partial charge in [-0.3, -0.25) is 4.79 Å². The Morgan fingerprint density at radius 2 is 2.17 bits per heavy atom. The third kappa shape index (κ3) is 2.67. The second-order valence-electron chi connectivity index (χ2n) is 4.34. The van der Waals surface area contributed by atoms with Gasteiger partial charge in [-0.25, -0.2) is 4.79 Å². The highest BCUT2D eigenvalue weighted by Crippen LogP contribution is 2.16. The number of aliphatic carboxylic acids is 1. The number of likely N-dealkylation sites (N-methyl/N-ethyl adjacent to an activating group) is 1. The zero-order chi connectivity index (χ0) is 13.9. The number of methoxy groups -OCH3 is 1. The van der Waals surface area contributed by atoms with Crippen LogP contribution in [-0.2, 0) is 16.1 Å². The fourth-order valence-electron chi connectivity index (χ4n) is 1.19. The fraction of sp³-hybridized carbons (Fsp3) is 0.545. The molecule has 0 aliphatic heterocycles. The van der Waals surface area contributed by atoms with Gasteiger partial charge < -0.3 is 19.3 Å². The van der Waals surface area contributed by atoms with Crippen molar-refractivity contribution in [1.29, 1.82) is 0 Å². The number of carboxylic acids is 1. The maximum atomic E-state index is 12.0. The zero-order valence-corrected chi connectivity index (χ0v) is 10.8. The normalized spacial score (nSPS) is 11.3. The average molecular weight is 256 g/mol. The van der Waals surface area contributed by atoms with Crippen molar-refractivity contribution in [2.24, 2.45) is 0 Å². The Morgan fingerprint density at radius 1 is 1.56 bits per heavy atom. The van der Waals surface area contributed by atoms with Crippen molar-refractivity contribution >= 4 is 11.9 Å². The summed E-state index contributed by atoms with van der Waals surface area (Å²) in [4.78, 5) is 24.2. The van der Waals surface area contributed by atoms with Crippen molar-refractivity contribution in [2.45, 2.75) is 26.0 Å². The van der Waals surface area contributed by atoms with Gasteiger partial charge in [0.25, 0.3) is 5.91 Å². The smallest absolute Gasteiger partial charge is 0.329 e. The van der Waals surface area contributed by atoms with Crippen LogP contribution in [0, 0.1) is 0 Å². The van der Waals surface area contributed by atoms with E-state index in [1.807, 2.05) is 0 Å². The molecule has 18 heavy (non-hydrogen) atoms. The van der Waals surface area contributed by atoms with Crippen LogP contribution < -0.4 is 0 Å². The molecule has 0 bridgehead atoms. The highest BCUT2D eigenvalue weighted by Gasteiger charge is 2.36. The van der Waals surface area contributed by atoms with Gasteiger partial charge >= 0.3 is 5.97 Å². The molecule has 1 rings (SSSR count). The van der Waals surface area contributed by atoms with E-state index in [9.17, 15) is 9.59 Å². The molecule has 1 heterocycles. The SMILES string of the molecule is COCc1cc(C(=O)N(C)C(C)(C)C(=O)O)no1. The molecule has 1 amide bonds. The number of nitrogens with zero attached hydrogens (tertiary/aromatic N) is 2. The molecule has 0 fully saturated rings. The number of rotatable bonds is 5. The van der Waals surface area contributed by atoms with Crippen LogP contribution in [0.15, 0.2) is 10.6 Å². The summed E-state index contributed by atoms with van der Waals surface area (Å²) in [5, 5.41) is 12.6. The molecule has 0 aliphatic carbocycles. The molecule has 0 radical (unpaired) electrons. The highest BCUT2D eigenvalue weighted by atomic mass is 16.5. The number of carbonyl (C=O) groups excluding carboxylic acids is 1. The third-order valence-corrected chi connectivity index (χ3v) is 2.73. The van der Waals surface area contributed by atoms with Gasteiger partial charge in [0, 0.05) is 20.2 Å². The minimum Gasteiger partial charge on any atom is -0.480 e. The first kappa shape index (κ1) is 14.2. The van der Waals surface area contributed by atoms with E-state index in [0.29, 0.717) is 5.76 Å². The monoisotopic (exact) mass is 256 g/mol. The lowest BCUT2D eigenvalue weighted by molar-refractivity contribution is -0.147. The molecule has 1 aromatic rings. The Morgan fingerprint density at radius 3 is 2.67 bits per heavy atom. The molecule has 0 atom stereocenters. The fourth-order valence-corrected chi connectivity index (χ4v) is 1.19. The molecule has 0 saturated carbocycles. The Bertz CT molecular complexity index is 452. The number of hydrogen-bond acceptors (Lipinski definition) is 5. The van der Waals surface area contributed by atoms with Crippen LogP contribution in [0.4, 0.5) is 0 Å². The molecule has 0 saturated heterocycles. The van der Waals surface area contributed by atoms with E-state index in [-0.39, 0.29) is 12.3 Å². The second kappa shape index (κ2) is 5.18. The Labute approximate surface area is 104 Å². The topological polar surface area (TPSA) is 92.9 Å². The summed E-state index contributed by atoms with van der Waals surface area (Å²) < 4.78 is 9.71. The van der Waals surface area contributed by atoms with Gasteiger partial charge in [-0.15, -0.1) is 0 Å².